The van der Waals surface area contributed by atoms with Crippen LogP contribution in [-0.2, 0) is 10.0 Å². The Labute approximate surface area is 122 Å². The van der Waals surface area contributed by atoms with Gasteiger partial charge in [-0.05, 0) is 33.4 Å². The van der Waals surface area contributed by atoms with Crippen LogP contribution in [0.1, 0.15) is 19.3 Å². The summed E-state index contributed by atoms with van der Waals surface area (Å²) in [6.45, 7) is 4.42. The number of likely N-dealkylation sites (tertiary alicyclic amines) is 1. The first-order valence-corrected chi connectivity index (χ1v) is 8.99. The fourth-order valence-corrected chi connectivity index (χ4v) is 4.65. The summed E-state index contributed by atoms with van der Waals surface area (Å²) < 4.78 is 25.0. The Hall–Kier alpha value is -0.210. The third-order valence-electron chi connectivity index (χ3n) is 4.27. The average Bonchev–Trinajstić information content (AvgIpc) is 2.66. The second-order valence-corrected chi connectivity index (χ2v) is 8.46. The van der Waals surface area contributed by atoms with E-state index in [9.17, 15) is 13.5 Å². The average molecular weight is 305 g/mol. The maximum atomic E-state index is 11.7. The number of hydrogen-bond donors (Lipinski definition) is 1. The summed E-state index contributed by atoms with van der Waals surface area (Å²) in [5.41, 5.74) is -0.584. The molecule has 0 radical (unpaired) electrons. The van der Waals surface area contributed by atoms with Crippen LogP contribution in [0.15, 0.2) is 0 Å². The molecule has 1 N–H and O–H groups in total. The van der Waals surface area contributed by atoms with E-state index < -0.39 is 15.6 Å². The lowest BCUT2D eigenvalue weighted by Gasteiger charge is -2.39. The largest absolute Gasteiger partial charge is 0.388 e. The van der Waals surface area contributed by atoms with Gasteiger partial charge in [0, 0.05) is 39.3 Å². The minimum Gasteiger partial charge on any atom is -0.388 e. The molecule has 0 aromatic carbocycles. The van der Waals surface area contributed by atoms with Crippen LogP contribution in [0.4, 0.5) is 0 Å². The van der Waals surface area contributed by atoms with Crippen molar-refractivity contribution in [3.05, 3.63) is 0 Å². The van der Waals surface area contributed by atoms with E-state index in [1.807, 2.05) is 19.0 Å². The molecule has 2 fully saturated rings. The summed E-state index contributed by atoms with van der Waals surface area (Å²) in [5.74, 6) is 0.301. The number of rotatable bonds is 5. The normalized spacial score (nSPS) is 27.2. The summed E-state index contributed by atoms with van der Waals surface area (Å²) in [7, 11) is 0.974. The van der Waals surface area contributed by atoms with Crippen molar-refractivity contribution in [1.82, 2.24) is 14.1 Å². The van der Waals surface area contributed by atoms with Gasteiger partial charge in [-0.1, -0.05) is 0 Å². The van der Waals surface area contributed by atoms with Crippen molar-refractivity contribution in [1.29, 1.82) is 0 Å². The van der Waals surface area contributed by atoms with Crippen LogP contribution in [0.5, 0.6) is 0 Å². The first-order valence-electron chi connectivity index (χ1n) is 7.38. The topological polar surface area (TPSA) is 64.1 Å². The molecule has 118 valence electrons. The van der Waals surface area contributed by atoms with Crippen molar-refractivity contribution in [2.24, 2.45) is 0 Å². The Morgan fingerprint density at radius 2 is 1.80 bits per heavy atom. The summed E-state index contributed by atoms with van der Waals surface area (Å²) in [4.78, 5) is 4.28. The molecule has 6 nitrogen and oxygen atoms in total. The molecule has 0 spiro atoms. The molecule has 0 aliphatic carbocycles. The predicted molar refractivity (Wildman–Crippen MR) is 79.2 cm³/mol. The number of piperidine rings is 1. The zero-order valence-electron chi connectivity index (χ0n) is 12.6. The number of likely N-dealkylation sites (N-methyl/N-ethyl adjacent to an activating group) is 1. The van der Waals surface area contributed by atoms with Gasteiger partial charge in [-0.3, -0.25) is 0 Å². The van der Waals surface area contributed by atoms with Crippen molar-refractivity contribution in [2.75, 3.05) is 59.1 Å². The van der Waals surface area contributed by atoms with Crippen molar-refractivity contribution in [2.45, 2.75) is 24.9 Å². The Kier molecular flexibility index (Phi) is 5.07. The highest BCUT2D eigenvalue weighted by atomic mass is 32.2. The first kappa shape index (κ1) is 16.2. The minimum absolute atomic E-state index is 0.301. The van der Waals surface area contributed by atoms with E-state index >= 15 is 0 Å². The molecule has 2 rings (SSSR count). The quantitative estimate of drug-likeness (QED) is 0.736. The molecule has 2 heterocycles. The third-order valence-corrected chi connectivity index (χ3v) is 6.22. The number of aliphatic hydroxyl groups is 1. The van der Waals surface area contributed by atoms with Crippen molar-refractivity contribution in [3.8, 4) is 0 Å². The van der Waals surface area contributed by atoms with Crippen LogP contribution < -0.4 is 0 Å². The molecule has 0 atom stereocenters. The molecule has 7 heteroatoms. The Morgan fingerprint density at radius 1 is 1.15 bits per heavy atom. The number of nitrogens with zero attached hydrogens (tertiary/aromatic N) is 3. The van der Waals surface area contributed by atoms with Crippen LogP contribution in [0.25, 0.3) is 0 Å². The van der Waals surface area contributed by atoms with E-state index in [2.05, 4.69) is 4.90 Å². The van der Waals surface area contributed by atoms with Gasteiger partial charge in [-0.15, -0.1) is 0 Å². The molecule has 0 saturated carbocycles. The monoisotopic (exact) mass is 305 g/mol. The predicted octanol–water partition coefficient (Wildman–Crippen LogP) is -0.590. The van der Waals surface area contributed by atoms with E-state index in [-0.39, 0.29) is 0 Å². The Balaban J connectivity index is 1.75. The van der Waals surface area contributed by atoms with Crippen LogP contribution in [-0.4, -0.2) is 92.3 Å². The highest BCUT2D eigenvalue weighted by molar-refractivity contribution is 7.89. The highest BCUT2D eigenvalue weighted by Gasteiger charge is 2.33. The molecule has 0 unspecified atom stereocenters. The molecule has 20 heavy (non-hydrogen) atoms. The van der Waals surface area contributed by atoms with Gasteiger partial charge in [0.1, 0.15) is 0 Å². The SMILES string of the molecule is CN(C)CC1(O)CCN(CCN2CCCS2(=O)=O)CC1. The van der Waals surface area contributed by atoms with Crippen LogP contribution in [0.2, 0.25) is 0 Å². The van der Waals surface area contributed by atoms with E-state index in [0.29, 0.717) is 25.4 Å². The van der Waals surface area contributed by atoms with Gasteiger partial charge in [0.2, 0.25) is 10.0 Å². The fraction of sp³-hybridized carbons (Fsp3) is 1.00. The molecule has 0 amide bonds. The van der Waals surface area contributed by atoms with E-state index in [0.717, 1.165) is 38.9 Å². The lowest BCUT2D eigenvalue weighted by Crippen LogP contribution is -2.50. The number of sulfonamides is 1. The van der Waals surface area contributed by atoms with Crippen LogP contribution in [0, 0.1) is 0 Å². The van der Waals surface area contributed by atoms with Crippen molar-refractivity contribution in [3.63, 3.8) is 0 Å². The summed E-state index contributed by atoms with van der Waals surface area (Å²) in [5, 5.41) is 10.4. The minimum atomic E-state index is -2.98. The zero-order valence-corrected chi connectivity index (χ0v) is 13.4. The molecule has 0 aromatic rings. The van der Waals surface area contributed by atoms with Gasteiger partial charge < -0.3 is 14.9 Å². The maximum absolute atomic E-state index is 11.7. The molecule has 0 aromatic heterocycles. The molecule has 2 saturated heterocycles. The van der Waals surface area contributed by atoms with Gasteiger partial charge in [-0.2, -0.15) is 0 Å². The lowest BCUT2D eigenvalue weighted by molar-refractivity contribution is -0.0375. The first-order chi connectivity index (χ1) is 9.31. The zero-order chi connectivity index (χ0) is 14.8. The molecule has 2 aliphatic heterocycles. The van der Waals surface area contributed by atoms with Crippen molar-refractivity contribution < 1.29 is 13.5 Å². The van der Waals surface area contributed by atoms with Gasteiger partial charge in [0.25, 0.3) is 0 Å². The van der Waals surface area contributed by atoms with Gasteiger partial charge in [-0.25, -0.2) is 12.7 Å². The van der Waals surface area contributed by atoms with Crippen molar-refractivity contribution >= 4 is 10.0 Å². The third kappa shape index (κ3) is 4.14. The molecular weight excluding hydrogens is 278 g/mol. The standard InChI is InChI=1S/C13H27N3O3S/c1-14(2)12-13(17)4-7-15(8-5-13)9-10-16-6-3-11-20(16,18)19/h17H,3-12H2,1-2H3. The van der Waals surface area contributed by atoms with E-state index in [1.165, 1.54) is 0 Å². The Bertz CT molecular complexity index is 417. The summed E-state index contributed by atoms with van der Waals surface area (Å²) >= 11 is 0. The smallest absolute Gasteiger partial charge is 0.214 e. The fourth-order valence-electron chi connectivity index (χ4n) is 3.13. The van der Waals surface area contributed by atoms with Crippen LogP contribution >= 0.6 is 0 Å². The molecule has 2 aliphatic rings. The van der Waals surface area contributed by atoms with E-state index in [4.69, 9.17) is 0 Å². The van der Waals surface area contributed by atoms with Gasteiger partial charge >= 0.3 is 0 Å². The van der Waals surface area contributed by atoms with Gasteiger partial charge in [0.15, 0.2) is 0 Å². The van der Waals surface area contributed by atoms with E-state index in [1.54, 1.807) is 4.31 Å². The second kappa shape index (κ2) is 6.27. The second-order valence-electron chi connectivity index (χ2n) is 6.37. The number of hydrogen-bond acceptors (Lipinski definition) is 5. The molecular formula is C13H27N3O3S. The summed E-state index contributed by atoms with van der Waals surface area (Å²) in [6.07, 6.45) is 2.28. The molecule has 0 bridgehead atoms. The van der Waals surface area contributed by atoms with Gasteiger partial charge in [0.05, 0.1) is 11.4 Å². The highest BCUT2D eigenvalue weighted by Crippen LogP contribution is 2.23. The Morgan fingerprint density at radius 3 is 2.30 bits per heavy atom. The van der Waals surface area contributed by atoms with Crippen LogP contribution in [0.3, 0.4) is 0 Å². The maximum Gasteiger partial charge on any atom is 0.214 e. The lowest BCUT2D eigenvalue weighted by atomic mass is 9.91. The summed E-state index contributed by atoms with van der Waals surface area (Å²) in [6, 6.07) is 0.